The lowest BCUT2D eigenvalue weighted by Gasteiger charge is -2.29. The Kier molecular flexibility index (Phi) is 7.76. The van der Waals surface area contributed by atoms with E-state index in [1.165, 1.54) is 17.1 Å². The van der Waals surface area contributed by atoms with Gasteiger partial charge in [0.05, 0.1) is 22.3 Å². The molecular weight excluding hydrogens is 562 g/mol. The van der Waals surface area contributed by atoms with E-state index in [4.69, 9.17) is 23.2 Å². The number of halogens is 3. The van der Waals surface area contributed by atoms with Crippen LogP contribution in [0.2, 0.25) is 5.02 Å². The fourth-order valence-corrected chi connectivity index (χ4v) is 5.21. The fourth-order valence-electron chi connectivity index (χ4n) is 4.94. The minimum atomic E-state index is -2.63. The number of aromatic nitrogens is 3. The lowest BCUT2D eigenvalue weighted by molar-refractivity contribution is 0.0305. The van der Waals surface area contributed by atoms with Crippen molar-refractivity contribution < 1.29 is 8.78 Å². The van der Waals surface area contributed by atoms with Crippen molar-refractivity contribution in [1.82, 2.24) is 19.5 Å². The van der Waals surface area contributed by atoms with Gasteiger partial charge in [-0.1, -0.05) is 44.5 Å². The molecule has 0 bridgehead atoms. The number of hydrogen-bond donors (Lipinski definition) is 4. The van der Waals surface area contributed by atoms with Crippen molar-refractivity contribution in [3.8, 4) is 0 Å². The molecule has 0 spiro atoms. The maximum atomic E-state index is 13.8. The first-order chi connectivity index (χ1) is 19.8. The Hall–Kier alpha value is -3.96. The molecule has 1 saturated carbocycles. The summed E-state index contributed by atoms with van der Waals surface area (Å²) in [5.74, 6) is 6.76. The van der Waals surface area contributed by atoms with Crippen molar-refractivity contribution in [2.75, 3.05) is 17.2 Å². The van der Waals surface area contributed by atoms with Gasteiger partial charge in [-0.3, -0.25) is 4.79 Å². The maximum Gasteiger partial charge on any atom is 0.262 e. The van der Waals surface area contributed by atoms with Crippen LogP contribution in [-0.4, -0.2) is 38.1 Å². The molecule has 1 fully saturated rings. The number of aryl methyl sites for hydroxylation is 1. The van der Waals surface area contributed by atoms with Crippen LogP contribution in [0.15, 0.2) is 65.6 Å². The van der Waals surface area contributed by atoms with Gasteiger partial charge in [0.2, 0.25) is 0 Å². The van der Waals surface area contributed by atoms with Crippen molar-refractivity contribution in [2.24, 2.45) is 24.0 Å². The molecule has 0 amide bonds. The van der Waals surface area contributed by atoms with Crippen LogP contribution in [0.4, 0.5) is 20.3 Å². The monoisotopic (exact) mass is 596 g/mol. The first-order valence-corrected chi connectivity index (χ1v) is 14.0. The topological polar surface area (TPSA) is 127 Å². The van der Waals surface area contributed by atoms with E-state index in [-0.39, 0.29) is 29.5 Å². The number of hydrogen-bond acceptors (Lipinski definition) is 8. The lowest BCUT2D eigenvalue weighted by Crippen LogP contribution is -2.44. The second kappa shape index (κ2) is 11.0. The standard InChI is InChI=1S/C30H35ClF2N8O/c1-29(2,3)15-36-26-21-12-17(13-22(31)24(21)37-16-38-26)39-25(23(34)14-41(35)30(9-10-30)28(32)33)19-6-5-7-20-18(19)8-11-40(4)27(20)42/h5-8,11-14,16,25,28,39H,9-10,15,34-35H2,1-4H3,(H,36,37,38)/b23-14-. The summed E-state index contributed by atoms with van der Waals surface area (Å²) >= 11 is 6.69. The van der Waals surface area contributed by atoms with Crippen molar-refractivity contribution in [3.63, 3.8) is 0 Å². The lowest BCUT2D eigenvalue weighted by atomic mass is 9.97. The molecule has 222 valence electrons. The quantitative estimate of drug-likeness (QED) is 0.147. The van der Waals surface area contributed by atoms with Crippen LogP contribution in [-0.2, 0) is 7.05 Å². The van der Waals surface area contributed by atoms with Crippen LogP contribution in [0.1, 0.15) is 45.2 Å². The third-order valence-corrected chi connectivity index (χ3v) is 7.85. The van der Waals surface area contributed by atoms with Crippen LogP contribution < -0.4 is 27.8 Å². The summed E-state index contributed by atoms with van der Waals surface area (Å²) in [5.41, 5.74) is 7.03. The van der Waals surface area contributed by atoms with Gasteiger partial charge in [-0.15, -0.1) is 0 Å². The molecule has 9 nitrogen and oxygen atoms in total. The first-order valence-electron chi connectivity index (χ1n) is 13.6. The van der Waals surface area contributed by atoms with E-state index in [0.29, 0.717) is 50.3 Å². The number of pyridine rings is 1. The normalized spacial score (nSPS) is 15.7. The molecule has 1 unspecified atom stereocenters. The molecule has 1 atom stereocenters. The van der Waals surface area contributed by atoms with E-state index >= 15 is 0 Å². The molecule has 2 heterocycles. The minimum absolute atomic E-state index is 0.00205. The summed E-state index contributed by atoms with van der Waals surface area (Å²) < 4.78 is 29.1. The molecule has 2 aromatic heterocycles. The van der Waals surface area contributed by atoms with Gasteiger partial charge in [0.25, 0.3) is 12.0 Å². The number of nitrogens with one attached hydrogen (secondary N) is 2. The van der Waals surface area contributed by atoms with Crippen LogP contribution in [0, 0.1) is 5.41 Å². The average Bonchev–Trinajstić information content (AvgIpc) is 3.75. The Morgan fingerprint density at radius 2 is 1.93 bits per heavy atom. The summed E-state index contributed by atoms with van der Waals surface area (Å²) in [6, 6.07) is 9.98. The third kappa shape index (κ3) is 5.71. The molecule has 5 rings (SSSR count). The highest BCUT2D eigenvalue weighted by Crippen LogP contribution is 2.46. The summed E-state index contributed by atoms with van der Waals surface area (Å²) in [5, 5.41) is 10.1. The van der Waals surface area contributed by atoms with Gasteiger partial charge < -0.3 is 25.9 Å². The van der Waals surface area contributed by atoms with Gasteiger partial charge in [-0.2, -0.15) is 0 Å². The highest BCUT2D eigenvalue weighted by atomic mass is 35.5. The van der Waals surface area contributed by atoms with Crippen molar-refractivity contribution >= 4 is 44.8 Å². The number of benzene rings is 2. The highest BCUT2D eigenvalue weighted by molar-refractivity contribution is 6.35. The van der Waals surface area contributed by atoms with E-state index in [2.05, 4.69) is 41.4 Å². The summed E-state index contributed by atoms with van der Waals surface area (Å²) in [6.45, 7) is 7.00. The van der Waals surface area contributed by atoms with Gasteiger partial charge in [-0.05, 0) is 53.5 Å². The number of nitrogens with zero attached hydrogens (tertiary/aromatic N) is 4. The number of nitrogens with two attached hydrogens (primary N) is 2. The predicted molar refractivity (Wildman–Crippen MR) is 164 cm³/mol. The van der Waals surface area contributed by atoms with E-state index in [0.717, 1.165) is 5.01 Å². The molecule has 1 aliphatic carbocycles. The van der Waals surface area contributed by atoms with Crippen LogP contribution >= 0.6 is 11.6 Å². The van der Waals surface area contributed by atoms with Crippen LogP contribution in [0.3, 0.4) is 0 Å². The van der Waals surface area contributed by atoms with Gasteiger partial charge in [0.15, 0.2) is 0 Å². The number of fused-ring (bicyclic) bond motifs is 2. The zero-order chi connectivity index (χ0) is 30.4. The van der Waals surface area contributed by atoms with E-state index in [1.807, 2.05) is 18.2 Å². The second-order valence-corrected chi connectivity index (χ2v) is 12.5. The van der Waals surface area contributed by atoms with Crippen molar-refractivity contribution in [2.45, 2.75) is 51.6 Å². The molecular formula is C30H35ClF2N8O. The Bertz CT molecular complexity index is 1730. The molecule has 4 aromatic rings. The largest absolute Gasteiger partial charge is 0.399 e. The minimum Gasteiger partial charge on any atom is -0.399 e. The number of alkyl halides is 2. The van der Waals surface area contributed by atoms with Gasteiger partial charge >= 0.3 is 0 Å². The van der Waals surface area contributed by atoms with Crippen LogP contribution in [0.25, 0.3) is 21.7 Å². The molecule has 12 heteroatoms. The van der Waals surface area contributed by atoms with Crippen molar-refractivity contribution in [3.05, 3.63) is 81.8 Å². The second-order valence-electron chi connectivity index (χ2n) is 12.0. The average molecular weight is 597 g/mol. The third-order valence-electron chi connectivity index (χ3n) is 7.56. The van der Waals surface area contributed by atoms with E-state index in [1.54, 1.807) is 31.4 Å². The molecule has 6 N–H and O–H groups in total. The van der Waals surface area contributed by atoms with Crippen molar-refractivity contribution in [1.29, 1.82) is 0 Å². The van der Waals surface area contributed by atoms with Gasteiger partial charge in [0.1, 0.15) is 17.7 Å². The number of rotatable bonds is 9. The maximum absolute atomic E-state index is 13.8. The van der Waals surface area contributed by atoms with Gasteiger partial charge in [0, 0.05) is 42.4 Å². The zero-order valence-electron chi connectivity index (χ0n) is 24.0. The number of hydrazine groups is 1. The van der Waals surface area contributed by atoms with Crippen LogP contribution in [0.5, 0.6) is 0 Å². The smallest absolute Gasteiger partial charge is 0.262 e. The van der Waals surface area contributed by atoms with E-state index in [9.17, 15) is 13.6 Å². The highest BCUT2D eigenvalue weighted by Gasteiger charge is 2.54. The Labute approximate surface area is 247 Å². The summed E-state index contributed by atoms with van der Waals surface area (Å²) in [7, 11) is 1.68. The van der Waals surface area contributed by atoms with Gasteiger partial charge in [-0.25, -0.2) is 24.6 Å². The molecule has 2 aromatic carbocycles. The molecule has 42 heavy (non-hydrogen) atoms. The fraction of sp³-hybridized carbons (Fsp3) is 0.367. The predicted octanol–water partition coefficient (Wildman–Crippen LogP) is 5.52. The summed E-state index contributed by atoms with van der Waals surface area (Å²) in [4.78, 5) is 21.7. The zero-order valence-corrected chi connectivity index (χ0v) is 24.7. The SMILES string of the molecule is Cn1ccc2c(C(Nc3cc(Cl)c4ncnc(NCC(C)(C)C)c4c3)/C(N)=C/N(N)C3(C(F)F)CC3)cccc2c1=O. The molecule has 0 aliphatic heterocycles. The molecule has 0 radical (unpaired) electrons. The Balaban J connectivity index is 1.62. The Morgan fingerprint density at radius 3 is 2.60 bits per heavy atom. The Morgan fingerprint density at radius 1 is 1.19 bits per heavy atom. The summed E-state index contributed by atoms with van der Waals surface area (Å²) in [6.07, 6.45) is 2.37. The van der Waals surface area contributed by atoms with E-state index < -0.39 is 18.0 Å². The molecule has 1 aliphatic rings. The molecule has 0 saturated heterocycles. The first kappa shape index (κ1) is 29.5. The number of anilines is 2.